The summed E-state index contributed by atoms with van der Waals surface area (Å²) in [4.78, 5) is 15.0. The Morgan fingerprint density at radius 1 is 1.35 bits per heavy atom. The summed E-state index contributed by atoms with van der Waals surface area (Å²) in [6, 6.07) is 10.3. The Morgan fingerprint density at radius 3 is 2.81 bits per heavy atom. The number of benzene rings is 1. The van der Waals surface area contributed by atoms with Crippen LogP contribution in [0.25, 0.3) is 0 Å². The predicted octanol–water partition coefficient (Wildman–Crippen LogP) is 3.39. The lowest BCUT2D eigenvalue weighted by atomic mass is 9.76. The van der Waals surface area contributed by atoms with E-state index < -0.39 is 0 Å². The Morgan fingerprint density at radius 2 is 2.12 bits per heavy atom. The minimum absolute atomic E-state index is 0.0159. The van der Waals surface area contributed by atoms with E-state index in [1.54, 1.807) is 6.92 Å². The maximum absolute atomic E-state index is 13.1. The number of carbonyl (C=O) groups is 1. The number of amides is 1. The number of aromatic nitrogens is 1. The molecular formula is C21H28N2O3. The van der Waals surface area contributed by atoms with Crippen molar-refractivity contribution >= 4 is 5.91 Å². The van der Waals surface area contributed by atoms with Gasteiger partial charge in [-0.2, -0.15) is 0 Å². The van der Waals surface area contributed by atoms with Gasteiger partial charge < -0.3 is 14.5 Å². The molecule has 1 aliphatic heterocycles. The van der Waals surface area contributed by atoms with E-state index in [2.05, 4.69) is 17.3 Å². The zero-order chi connectivity index (χ0) is 18.6. The molecular weight excluding hydrogens is 328 g/mol. The summed E-state index contributed by atoms with van der Waals surface area (Å²) in [5.74, 6) is 0.564. The molecule has 26 heavy (non-hydrogen) atoms. The summed E-state index contributed by atoms with van der Waals surface area (Å²) in [5.41, 5.74) is 2.36. The SMILES string of the molecule is CCc1noc(C)c1C(=O)N1CCCC(CO)(CCc2ccccc2)C1. The molecule has 1 unspecified atom stereocenters. The molecule has 1 fully saturated rings. The maximum atomic E-state index is 13.1. The van der Waals surface area contributed by atoms with Gasteiger partial charge >= 0.3 is 0 Å². The minimum Gasteiger partial charge on any atom is -0.396 e. The predicted molar refractivity (Wildman–Crippen MR) is 100 cm³/mol. The van der Waals surface area contributed by atoms with E-state index in [1.807, 2.05) is 30.0 Å². The quantitative estimate of drug-likeness (QED) is 0.861. The number of likely N-dealkylation sites (tertiary alicyclic amines) is 1. The second-order valence-electron chi connectivity index (χ2n) is 7.39. The molecule has 0 radical (unpaired) electrons. The normalized spacial score (nSPS) is 20.3. The summed E-state index contributed by atoms with van der Waals surface area (Å²) in [5, 5.41) is 14.1. The van der Waals surface area contributed by atoms with Gasteiger partial charge in [0.05, 0.1) is 12.3 Å². The van der Waals surface area contributed by atoms with Crippen LogP contribution in [0, 0.1) is 12.3 Å². The summed E-state index contributed by atoms with van der Waals surface area (Å²) >= 11 is 0. The fraction of sp³-hybridized carbons (Fsp3) is 0.524. The average Bonchev–Trinajstić information content (AvgIpc) is 3.07. The zero-order valence-electron chi connectivity index (χ0n) is 15.7. The third-order valence-electron chi connectivity index (χ3n) is 5.55. The Kier molecular flexibility index (Phi) is 5.77. The first-order valence-corrected chi connectivity index (χ1v) is 9.48. The van der Waals surface area contributed by atoms with Crippen LogP contribution in [0.1, 0.15) is 53.6 Å². The Labute approximate surface area is 155 Å². The van der Waals surface area contributed by atoms with Crippen molar-refractivity contribution in [1.82, 2.24) is 10.1 Å². The lowest BCUT2D eigenvalue weighted by Crippen LogP contribution is -2.48. The molecule has 1 N–H and O–H groups in total. The van der Waals surface area contributed by atoms with Crippen LogP contribution in [0.4, 0.5) is 0 Å². The van der Waals surface area contributed by atoms with E-state index in [4.69, 9.17) is 4.52 Å². The van der Waals surface area contributed by atoms with Crippen molar-refractivity contribution in [3.8, 4) is 0 Å². The molecule has 1 aliphatic rings. The van der Waals surface area contributed by atoms with Crippen LogP contribution in [0.5, 0.6) is 0 Å². The maximum Gasteiger partial charge on any atom is 0.259 e. The average molecular weight is 356 g/mol. The van der Waals surface area contributed by atoms with E-state index >= 15 is 0 Å². The molecule has 0 aliphatic carbocycles. The lowest BCUT2D eigenvalue weighted by Gasteiger charge is -2.42. The Balaban J connectivity index is 1.74. The molecule has 1 aromatic carbocycles. The number of aliphatic hydroxyl groups is 1. The molecule has 2 aromatic rings. The van der Waals surface area contributed by atoms with Gasteiger partial charge in [-0.15, -0.1) is 0 Å². The van der Waals surface area contributed by atoms with Gasteiger partial charge in [-0.25, -0.2) is 0 Å². The number of aryl methyl sites for hydroxylation is 3. The number of carbonyl (C=O) groups excluding carboxylic acids is 1. The monoisotopic (exact) mass is 356 g/mol. The first-order valence-electron chi connectivity index (χ1n) is 9.48. The summed E-state index contributed by atoms with van der Waals surface area (Å²) in [6.07, 6.45) is 4.32. The number of aliphatic hydroxyl groups excluding tert-OH is 1. The molecule has 1 atom stereocenters. The second kappa shape index (κ2) is 8.04. The van der Waals surface area contributed by atoms with Crippen molar-refractivity contribution in [2.24, 2.45) is 5.41 Å². The van der Waals surface area contributed by atoms with Crippen molar-refractivity contribution in [2.75, 3.05) is 19.7 Å². The van der Waals surface area contributed by atoms with Gasteiger partial charge in [-0.1, -0.05) is 42.4 Å². The highest BCUT2D eigenvalue weighted by Gasteiger charge is 2.38. The second-order valence-corrected chi connectivity index (χ2v) is 7.39. The summed E-state index contributed by atoms with van der Waals surface area (Å²) in [7, 11) is 0. The van der Waals surface area contributed by atoms with Crippen molar-refractivity contribution in [3.63, 3.8) is 0 Å². The first kappa shape index (κ1) is 18.6. The molecule has 1 saturated heterocycles. The highest BCUT2D eigenvalue weighted by atomic mass is 16.5. The standard InChI is InChI=1S/C21H28N2O3/c1-3-18-19(16(2)26-22-18)20(25)23-13-7-11-21(14-23,15-24)12-10-17-8-5-4-6-9-17/h4-6,8-9,24H,3,7,10-15H2,1-2H3. The molecule has 0 saturated carbocycles. The number of piperidine rings is 1. The molecule has 5 heteroatoms. The van der Waals surface area contributed by atoms with E-state index in [-0.39, 0.29) is 17.9 Å². The van der Waals surface area contributed by atoms with Crippen LogP contribution in [0.3, 0.4) is 0 Å². The van der Waals surface area contributed by atoms with Gasteiger partial charge in [0.2, 0.25) is 0 Å². The van der Waals surface area contributed by atoms with E-state index in [1.165, 1.54) is 5.56 Å². The van der Waals surface area contributed by atoms with Gasteiger partial charge in [-0.3, -0.25) is 4.79 Å². The molecule has 3 rings (SSSR count). The fourth-order valence-corrected chi connectivity index (χ4v) is 3.94. The molecule has 0 bridgehead atoms. The molecule has 2 heterocycles. The zero-order valence-corrected chi connectivity index (χ0v) is 15.7. The molecule has 140 valence electrons. The first-order chi connectivity index (χ1) is 12.6. The van der Waals surface area contributed by atoms with Crippen LogP contribution in [0.2, 0.25) is 0 Å². The van der Waals surface area contributed by atoms with Crippen molar-refractivity contribution in [3.05, 3.63) is 52.9 Å². The minimum atomic E-state index is -0.235. The van der Waals surface area contributed by atoms with Crippen molar-refractivity contribution < 1.29 is 14.4 Å². The third-order valence-corrected chi connectivity index (χ3v) is 5.55. The lowest BCUT2D eigenvalue weighted by molar-refractivity contribution is 0.0226. The summed E-state index contributed by atoms with van der Waals surface area (Å²) in [6.45, 7) is 5.18. The van der Waals surface area contributed by atoms with E-state index in [0.29, 0.717) is 24.3 Å². The van der Waals surface area contributed by atoms with E-state index in [0.717, 1.165) is 37.9 Å². The topological polar surface area (TPSA) is 66.6 Å². The van der Waals surface area contributed by atoms with Crippen LogP contribution < -0.4 is 0 Å². The van der Waals surface area contributed by atoms with Gasteiger partial charge in [-0.05, 0) is 44.6 Å². The van der Waals surface area contributed by atoms with Crippen LogP contribution in [-0.2, 0) is 12.8 Å². The van der Waals surface area contributed by atoms with Crippen LogP contribution in [0.15, 0.2) is 34.9 Å². The molecule has 5 nitrogen and oxygen atoms in total. The van der Waals surface area contributed by atoms with Crippen molar-refractivity contribution in [1.29, 1.82) is 0 Å². The van der Waals surface area contributed by atoms with Gasteiger partial charge in [0.1, 0.15) is 11.3 Å². The Hall–Kier alpha value is -2.14. The Bertz CT molecular complexity index is 741. The van der Waals surface area contributed by atoms with E-state index in [9.17, 15) is 9.90 Å². The smallest absolute Gasteiger partial charge is 0.259 e. The fourth-order valence-electron chi connectivity index (χ4n) is 3.94. The van der Waals surface area contributed by atoms with Gasteiger partial charge in [0, 0.05) is 18.5 Å². The third kappa shape index (κ3) is 3.83. The molecule has 1 aromatic heterocycles. The number of nitrogens with zero attached hydrogens (tertiary/aromatic N) is 2. The van der Waals surface area contributed by atoms with Gasteiger partial charge in [0.15, 0.2) is 0 Å². The molecule has 1 amide bonds. The number of hydrogen-bond donors (Lipinski definition) is 1. The number of hydrogen-bond acceptors (Lipinski definition) is 4. The molecule has 0 spiro atoms. The van der Waals surface area contributed by atoms with Crippen LogP contribution >= 0.6 is 0 Å². The van der Waals surface area contributed by atoms with Gasteiger partial charge in [0.25, 0.3) is 5.91 Å². The number of rotatable bonds is 6. The highest BCUT2D eigenvalue weighted by Crippen LogP contribution is 2.35. The highest BCUT2D eigenvalue weighted by molar-refractivity contribution is 5.96. The largest absolute Gasteiger partial charge is 0.396 e. The van der Waals surface area contributed by atoms with Crippen LogP contribution in [-0.4, -0.2) is 40.8 Å². The van der Waals surface area contributed by atoms with Crippen molar-refractivity contribution in [2.45, 2.75) is 46.0 Å². The summed E-state index contributed by atoms with van der Waals surface area (Å²) < 4.78 is 5.24.